The summed E-state index contributed by atoms with van der Waals surface area (Å²) in [6.07, 6.45) is 0. The first-order valence-electron chi connectivity index (χ1n) is 6.08. The fraction of sp³-hybridized carbons (Fsp3) is 0.417. The van der Waals surface area contributed by atoms with Crippen molar-refractivity contribution in [3.8, 4) is 0 Å². The molecule has 0 amide bonds. The van der Waals surface area contributed by atoms with Crippen LogP contribution in [0.15, 0.2) is 17.2 Å². The Morgan fingerprint density at radius 2 is 2.15 bits per heavy atom. The van der Waals surface area contributed by atoms with E-state index < -0.39 is 10.0 Å². The van der Waals surface area contributed by atoms with Gasteiger partial charge >= 0.3 is 0 Å². The summed E-state index contributed by atoms with van der Waals surface area (Å²) in [4.78, 5) is 2.06. The maximum Gasteiger partial charge on any atom is 0.260 e. The van der Waals surface area contributed by atoms with Gasteiger partial charge in [-0.25, -0.2) is 13.1 Å². The molecule has 2 aromatic heterocycles. The van der Waals surface area contributed by atoms with E-state index in [9.17, 15) is 13.5 Å². The van der Waals surface area contributed by atoms with Crippen molar-refractivity contribution in [2.24, 2.45) is 0 Å². The number of sulfonamides is 1. The summed E-state index contributed by atoms with van der Waals surface area (Å²) in [5.74, 6) is 0. The molecule has 0 saturated heterocycles. The third-order valence-electron chi connectivity index (χ3n) is 2.97. The Balaban J connectivity index is 2.27. The van der Waals surface area contributed by atoms with E-state index in [2.05, 4.69) is 14.9 Å². The molecule has 6 nitrogen and oxygen atoms in total. The molecule has 20 heavy (non-hydrogen) atoms. The van der Waals surface area contributed by atoms with Gasteiger partial charge in [-0.3, -0.25) is 5.10 Å². The topological polar surface area (TPSA) is 95.1 Å². The number of aromatic nitrogens is 2. The third-order valence-corrected chi connectivity index (χ3v) is 5.66. The smallest absolute Gasteiger partial charge is 0.260 e. The molecule has 0 aliphatic heterocycles. The highest BCUT2D eigenvalue weighted by Crippen LogP contribution is 2.25. The number of aromatic amines is 1. The lowest BCUT2D eigenvalue weighted by molar-refractivity contribution is 0.277. The lowest BCUT2D eigenvalue weighted by Crippen LogP contribution is -2.27. The second-order valence-corrected chi connectivity index (χ2v) is 7.53. The normalized spacial score (nSPS) is 13.6. The van der Waals surface area contributed by atoms with Crippen LogP contribution in [-0.2, 0) is 16.6 Å². The maximum absolute atomic E-state index is 12.3. The summed E-state index contributed by atoms with van der Waals surface area (Å²) < 4.78 is 27.2. The summed E-state index contributed by atoms with van der Waals surface area (Å²) in [7, 11) is -3.77. The highest BCUT2D eigenvalue weighted by Gasteiger charge is 2.25. The summed E-state index contributed by atoms with van der Waals surface area (Å²) in [5.41, 5.74) is 0.847. The van der Waals surface area contributed by atoms with Gasteiger partial charge < -0.3 is 5.11 Å². The van der Waals surface area contributed by atoms with E-state index >= 15 is 0 Å². The Bertz CT molecular complexity index is 703. The summed E-state index contributed by atoms with van der Waals surface area (Å²) in [5, 5.41) is 15.5. The van der Waals surface area contributed by atoms with Crippen molar-refractivity contribution in [1.82, 2.24) is 14.9 Å². The van der Waals surface area contributed by atoms with Gasteiger partial charge in [0, 0.05) is 21.0 Å². The molecule has 110 valence electrons. The molecule has 2 aromatic rings. The second kappa shape index (κ2) is 5.65. The number of nitrogens with zero attached hydrogens (tertiary/aromatic N) is 1. The van der Waals surface area contributed by atoms with Crippen LogP contribution in [0.1, 0.15) is 34.0 Å². The number of aliphatic hydroxyl groups is 1. The minimum atomic E-state index is -3.77. The molecule has 2 rings (SSSR count). The van der Waals surface area contributed by atoms with Gasteiger partial charge in [0.05, 0.1) is 12.6 Å². The molecule has 0 radical (unpaired) electrons. The number of aliphatic hydroxyl groups excluding tert-OH is 1. The molecule has 1 atom stereocenters. The van der Waals surface area contributed by atoms with Gasteiger partial charge in [-0.1, -0.05) is 0 Å². The van der Waals surface area contributed by atoms with E-state index in [1.807, 2.05) is 19.1 Å². The fourth-order valence-corrected chi connectivity index (χ4v) is 4.24. The van der Waals surface area contributed by atoms with Crippen molar-refractivity contribution in [3.63, 3.8) is 0 Å². The molecule has 8 heteroatoms. The van der Waals surface area contributed by atoms with Crippen LogP contribution in [0.5, 0.6) is 0 Å². The van der Waals surface area contributed by atoms with Crippen molar-refractivity contribution >= 4 is 21.4 Å². The Hall–Kier alpha value is -1.22. The van der Waals surface area contributed by atoms with Crippen LogP contribution in [-0.4, -0.2) is 23.7 Å². The summed E-state index contributed by atoms with van der Waals surface area (Å²) >= 11 is 1.54. The largest absolute Gasteiger partial charge is 0.392 e. The number of aryl methyl sites for hydroxylation is 2. The van der Waals surface area contributed by atoms with Gasteiger partial charge in [0.1, 0.15) is 0 Å². The zero-order chi connectivity index (χ0) is 14.9. The van der Waals surface area contributed by atoms with Gasteiger partial charge in [0.2, 0.25) is 0 Å². The SMILES string of the molecule is Cc1ccc(C(C)NS(=O)(=O)c2n[nH]c(C)c2CO)s1. The Morgan fingerprint density at radius 1 is 1.45 bits per heavy atom. The molecule has 1 unspecified atom stereocenters. The maximum atomic E-state index is 12.3. The van der Waals surface area contributed by atoms with Crippen molar-refractivity contribution in [1.29, 1.82) is 0 Å². The van der Waals surface area contributed by atoms with E-state index in [0.717, 1.165) is 9.75 Å². The van der Waals surface area contributed by atoms with Gasteiger partial charge in [-0.05, 0) is 32.9 Å². The molecule has 0 aliphatic carbocycles. The molecule has 0 bridgehead atoms. The van der Waals surface area contributed by atoms with Crippen LogP contribution >= 0.6 is 11.3 Å². The fourth-order valence-electron chi connectivity index (χ4n) is 1.87. The molecular weight excluding hydrogens is 298 g/mol. The average Bonchev–Trinajstić information content (AvgIpc) is 2.95. The number of rotatable bonds is 5. The van der Waals surface area contributed by atoms with Crippen LogP contribution in [0.2, 0.25) is 0 Å². The van der Waals surface area contributed by atoms with Crippen LogP contribution in [0, 0.1) is 13.8 Å². The van der Waals surface area contributed by atoms with Crippen molar-refractivity contribution < 1.29 is 13.5 Å². The first kappa shape index (κ1) is 15.2. The number of hydrogen-bond donors (Lipinski definition) is 3. The lowest BCUT2D eigenvalue weighted by Gasteiger charge is -2.12. The van der Waals surface area contributed by atoms with E-state index in [0.29, 0.717) is 11.3 Å². The first-order chi connectivity index (χ1) is 9.35. The Kier molecular flexibility index (Phi) is 4.28. The van der Waals surface area contributed by atoms with Crippen LogP contribution in [0.4, 0.5) is 0 Å². The highest BCUT2D eigenvalue weighted by atomic mass is 32.2. The van der Waals surface area contributed by atoms with Gasteiger partial charge in [0.25, 0.3) is 10.0 Å². The molecule has 0 fully saturated rings. The standard InChI is InChI=1S/C12H17N3O3S2/c1-7-4-5-11(19-7)9(3)15-20(17,18)12-10(6-16)8(2)13-14-12/h4-5,9,15-16H,6H2,1-3H3,(H,13,14). The zero-order valence-corrected chi connectivity index (χ0v) is 13.1. The molecule has 0 spiro atoms. The lowest BCUT2D eigenvalue weighted by atomic mass is 10.3. The molecule has 3 N–H and O–H groups in total. The van der Waals surface area contributed by atoms with E-state index in [1.54, 1.807) is 25.2 Å². The second-order valence-electron chi connectivity index (χ2n) is 4.58. The predicted octanol–water partition coefficient (Wildman–Crippen LogP) is 1.62. The van der Waals surface area contributed by atoms with Gasteiger partial charge in [-0.15, -0.1) is 11.3 Å². The number of hydrogen-bond acceptors (Lipinski definition) is 5. The summed E-state index contributed by atoms with van der Waals surface area (Å²) in [6.45, 7) is 5.05. The van der Waals surface area contributed by atoms with E-state index in [-0.39, 0.29) is 17.7 Å². The third kappa shape index (κ3) is 2.93. The molecule has 2 heterocycles. The Labute approximate surface area is 121 Å². The van der Waals surface area contributed by atoms with Crippen molar-refractivity contribution in [2.75, 3.05) is 0 Å². The molecule has 0 saturated carbocycles. The molecular formula is C12H17N3O3S2. The highest BCUT2D eigenvalue weighted by molar-refractivity contribution is 7.89. The minimum Gasteiger partial charge on any atom is -0.392 e. The van der Waals surface area contributed by atoms with Gasteiger partial charge in [0.15, 0.2) is 5.03 Å². The van der Waals surface area contributed by atoms with Crippen molar-refractivity contribution in [2.45, 2.75) is 38.4 Å². The first-order valence-corrected chi connectivity index (χ1v) is 8.38. The number of H-pyrrole nitrogens is 1. The average molecular weight is 315 g/mol. The molecule has 0 aliphatic rings. The number of thiophene rings is 1. The minimum absolute atomic E-state index is 0.141. The zero-order valence-electron chi connectivity index (χ0n) is 11.5. The van der Waals surface area contributed by atoms with Crippen LogP contribution in [0.3, 0.4) is 0 Å². The molecule has 0 aromatic carbocycles. The van der Waals surface area contributed by atoms with Crippen LogP contribution < -0.4 is 4.72 Å². The predicted molar refractivity (Wildman–Crippen MR) is 77.0 cm³/mol. The monoisotopic (exact) mass is 315 g/mol. The quantitative estimate of drug-likeness (QED) is 0.781. The van der Waals surface area contributed by atoms with Crippen LogP contribution in [0.25, 0.3) is 0 Å². The Morgan fingerprint density at radius 3 is 2.70 bits per heavy atom. The number of nitrogens with one attached hydrogen (secondary N) is 2. The van der Waals surface area contributed by atoms with Crippen molar-refractivity contribution in [3.05, 3.63) is 33.1 Å². The summed E-state index contributed by atoms with van der Waals surface area (Å²) in [6, 6.07) is 3.50. The van der Waals surface area contributed by atoms with E-state index in [4.69, 9.17) is 0 Å². The van der Waals surface area contributed by atoms with Gasteiger partial charge in [-0.2, -0.15) is 5.10 Å². The van der Waals surface area contributed by atoms with E-state index in [1.165, 1.54) is 0 Å².